The van der Waals surface area contributed by atoms with Crippen molar-refractivity contribution in [1.82, 2.24) is 19.0 Å². The average Bonchev–Trinajstić information content (AvgIpc) is 3.54. The molecule has 7 heteroatoms. The number of nitrogens with zero attached hydrogens (tertiary/aromatic N) is 3. The van der Waals surface area contributed by atoms with Crippen LogP contribution in [0.4, 0.5) is 0 Å². The highest BCUT2D eigenvalue weighted by Crippen LogP contribution is 2.60. The van der Waals surface area contributed by atoms with Crippen LogP contribution in [0, 0.1) is 24.2 Å². The van der Waals surface area contributed by atoms with Crippen molar-refractivity contribution in [2.24, 2.45) is 23.0 Å². The maximum Gasteiger partial charge on any atom is 0.142 e. The van der Waals surface area contributed by atoms with Crippen molar-refractivity contribution < 1.29 is 0 Å². The molecule has 1 aliphatic heterocycles. The SMILES string of the molecule is C=C.C=CC.C=CN.C=S(=C)(NC[C@@]1(C(C)CCCc2cc(-c3nc(C(C)C)cs3)nc3c(C)c(CC)ccc23)C[C@H]1/C=C\CCCCCC)N1CCCC1.CC. The Kier molecular flexibility index (Phi) is 25.3. The van der Waals surface area contributed by atoms with Gasteiger partial charge >= 0.3 is 0 Å². The molecular weight excluding hydrogens is 735 g/mol. The Labute approximate surface area is 356 Å². The van der Waals surface area contributed by atoms with Gasteiger partial charge in [-0.2, -0.15) is 0 Å². The number of allylic oxidation sites excluding steroid dienone is 3. The number of thiazole rings is 1. The quantitative estimate of drug-likeness (QED) is 0.0760. The minimum Gasteiger partial charge on any atom is -0.405 e. The Balaban J connectivity index is 0.00000148. The molecule has 5 nitrogen and oxygen atoms in total. The molecular formula is C50H83N5S2. The number of aromatic nitrogens is 2. The summed E-state index contributed by atoms with van der Waals surface area (Å²) in [6, 6.07) is 7.00. The summed E-state index contributed by atoms with van der Waals surface area (Å²) < 4.78 is 6.48. The summed E-state index contributed by atoms with van der Waals surface area (Å²) in [6.07, 6.45) is 22.9. The Hall–Kier alpha value is -2.97. The third-order valence-corrected chi connectivity index (χ3v) is 14.1. The number of nitrogens with one attached hydrogen (secondary N) is 1. The normalized spacial score (nSPS) is 18.0. The first-order valence-electron chi connectivity index (χ1n) is 21.9. The third kappa shape index (κ3) is 15.6. The zero-order chi connectivity index (χ0) is 43.0. The topological polar surface area (TPSA) is 67.1 Å². The Bertz CT molecular complexity index is 1720. The predicted octanol–water partition coefficient (Wildman–Crippen LogP) is 14.1. The van der Waals surface area contributed by atoms with Crippen molar-refractivity contribution >= 4 is 43.6 Å². The molecule has 1 aliphatic carbocycles. The van der Waals surface area contributed by atoms with E-state index in [2.05, 4.69) is 130 Å². The second-order valence-electron chi connectivity index (χ2n) is 15.6. The minimum atomic E-state index is -1.43. The predicted molar refractivity (Wildman–Crippen MR) is 265 cm³/mol. The molecule has 3 N–H and O–H groups in total. The van der Waals surface area contributed by atoms with Crippen LogP contribution < -0.4 is 10.5 Å². The molecule has 1 unspecified atom stereocenters. The Morgan fingerprint density at radius 2 is 1.67 bits per heavy atom. The average molecular weight is 818 g/mol. The van der Waals surface area contributed by atoms with Crippen LogP contribution in [0.3, 0.4) is 0 Å². The summed E-state index contributed by atoms with van der Waals surface area (Å²) in [5.74, 6) is 11.0. The first kappa shape index (κ1) is 52.0. The summed E-state index contributed by atoms with van der Waals surface area (Å²) in [5, 5.41) is 4.57. The lowest BCUT2D eigenvalue weighted by Crippen LogP contribution is -2.33. The molecule has 2 aromatic heterocycles. The number of nitrogens with two attached hydrogens (primary N) is 1. The van der Waals surface area contributed by atoms with Gasteiger partial charge in [-0.05, 0) is 124 Å². The summed E-state index contributed by atoms with van der Waals surface area (Å²) in [6.45, 7) is 35.4. The zero-order valence-corrected chi connectivity index (χ0v) is 39.6. The van der Waals surface area contributed by atoms with Crippen LogP contribution in [-0.2, 0) is 12.8 Å². The van der Waals surface area contributed by atoms with Crippen molar-refractivity contribution in [2.75, 3.05) is 19.6 Å². The summed E-state index contributed by atoms with van der Waals surface area (Å²) in [5.41, 5.74) is 12.4. The molecule has 0 spiro atoms. The van der Waals surface area contributed by atoms with Gasteiger partial charge in [0.05, 0.1) is 16.9 Å². The van der Waals surface area contributed by atoms with E-state index in [0.29, 0.717) is 23.2 Å². The fraction of sp³-hybridized carbons (Fsp3) is 0.560. The lowest BCUT2D eigenvalue weighted by molar-refractivity contribution is 0.292. The highest BCUT2D eigenvalue weighted by atomic mass is 32.2. The number of benzene rings is 1. The van der Waals surface area contributed by atoms with Gasteiger partial charge in [-0.25, -0.2) is 9.97 Å². The van der Waals surface area contributed by atoms with Crippen LogP contribution in [0.5, 0.6) is 0 Å². The molecule has 3 aromatic rings. The van der Waals surface area contributed by atoms with Gasteiger partial charge in [0.1, 0.15) is 5.01 Å². The molecule has 5 rings (SSSR count). The van der Waals surface area contributed by atoms with Crippen molar-refractivity contribution in [2.45, 2.75) is 145 Å². The van der Waals surface area contributed by atoms with Crippen molar-refractivity contribution in [3.8, 4) is 10.7 Å². The molecule has 3 atom stereocenters. The van der Waals surface area contributed by atoms with Gasteiger partial charge in [-0.15, -0.1) is 40.7 Å². The standard InChI is InChI=1S/C41H62N4S2.C3H6.C2H5N.C2H6.C2H4/c1-9-11-12-13-14-15-21-35-27-41(35,29-42-47(7,8)45-24-16-17-25-45)31(5)19-18-20-34-26-37(40-44-38(28-46-40)30(3)4)43-39-32(6)33(10-2)22-23-36(34)39;1-3-2;1-2-3;2*1-2/h15,21-23,26,28,30-31,35,42H,7-14,16-20,24-25,27,29H2,1-6H3;3H,1H2,2H3;2H,1,3H2;1-2H3;1-2H2/b21-15-;;;;/t31?,35-,41-;;;;/m1..../s1. The van der Waals surface area contributed by atoms with E-state index >= 15 is 0 Å². The van der Waals surface area contributed by atoms with E-state index in [1.165, 1.54) is 92.5 Å². The maximum atomic E-state index is 5.24. The smallest absolute Gasteiger partial charge is 0.142 e. The van der Waals surface area contributed by atoms with E-state index in [-0.39, 0.29) is 0 Å². The number of fused-ring (bicyclic) bond motifs is 1. The van der Waals surface area contributed by atoms with Gasteiger partial charge in [0.2, 0.25) is 0 Å². The van der Waals surface area contributed by atoms with Crippen LogP contribution in [0.1, 0.15) is 148 Å². The maximum absolute atomic E-state index is 5.24. The van der Waals surface area contributed by atoms with Gasteiger partial charge in [0.25, 0.3) is 0 Å². The van der Waals surface area contributed by atoms with Crippen LogP contribution in [0.15, 0.2) is 74.3 Å². The molecule has 3 heterocycles. The number of pyridine rings is 1. The van der Waals surface area contributed by atoms with Gasteiger partial charge in [0.15, 0.2) is 0 Å². The fourth-order valence-electron chi connectivity index (χ4n) is 7.70. The summed E-state index contributed by atoms with van der Waals surface area (Å²) >= 11 is 1.73. The molecule has 1 saturated carbocycles. The molecule has 2 aliphatic rings. The van der Waals surface area contributed by atoms with Crippen LogP contribution >= 0.6 is 20.9 Å². The van der Waals surface area contributed by atoms with Crippen molar-refractivity contribution in [3.05, 3.63) is 96.7 Å². The van der Waals surface area contributed by atoms with E-state index in [1.807, 2.05) is 20.8 Å². The highest BCUT2D eigenvalue weighted by Gasteiger charge is 2.55. The van der Waals surface area contributed by atoms with Gasteiger partial charge < -0.3 is 5.73 Å². The van der Waals surface area contributed by atoms with Gasteiger partial charge in [0, 0.05) is 30.4 Å². The van der Waals surface area contributed by atoms with E-state index in [0.717, 1.165) is 54.4 Å². The van der Waals surface area contributed by atoms with Gasteiger partial charge in [-0.3, -0.25) is 9.03 Å². The summed E-state index contributed by atoms with van der Waals surface area (Å²) in [4.78, 5) is 10.2. The van der Waals surface area contributed by atoms with Crippen molar-refractivity contribution in [1.29, 1.82) is 0 Å². The lowest BCUT2D eigenvalue weighted by Gasteiger charge is -2.32. The number of aryl methyl sites for hydroxylation is 3. The van der Waals surface area contributed by atoms with Crippen LogP contribution in [0.2, 0.25) is 0 Å². The monoisotopic (exact) mass is 818 g/mol. The lowest BCUT2D eigenvalue weighted by atomic mass is 9.83. The zero-order valence-electron chi connectivity index (χ0n) is 37.9. The molecule has 57 heavy (non-hydrogen) atoms. The summed E-state index contributed by atoms with van der Waals surface area (Å²) in [7, 11) is -1.43. The Morgan fingerprint density at radius 3 is 2.25 bits per heavy atom. The number of unbranched alkanes of at least 4 members (excludes halogenated alkanes) is 4. The van der Waals surface area contributed by atoms with E-state index in [1.54, 1.807) is 17.4 Å². The Morgan fingerprint density at radius 1 is 1.02 bits per heavy atom. The van der Waals surface area contributed by atoms with Crippen LogP contribution in [-0.4, -0.2) is 45.6 Å². The fourth-order valence-corrected chi connectivity index (χ4v) is 10.3. The molecule has 320 valence electrons. The third-order valence-electron chi connectivity index (χ3n) is 11.2. The minimum absolute atomic E-state index is 0.305. The number of hydrogen-bond acceptors (Lipinski definition) is 6. The molecule has 0 radical (unpaired) electrons. The first-order chi connectivity index (χ1) is 27.4. The molecule has 0 bridgehead atoms. The molecule has 0 amide bonds. The second kappa shape index (κ2) is 27.7. The van der Waals surface area contributed by atoms with Gasteiger partial charge in [-0.1, -0.05) is 116 Å². The van der Waals surface area contributed by atoms with E-state index in [9.17, 15) is 0 Å². The van der Waals surface area contributed by atoms with E-state index in [4.69, 9.17) is 9.97 Å². The number of rotatable bonds is 18. The van der Waals surface area contributed by atoms with E-state index < -0.39 is 9.58 Å². The number of hydrogen-bond donors (Lipinski definition) is 2. The second-order valence-corrected chi connectivity index (χ2v) is 18.9. The molecule has 1 aromatic carbocycles. The highest BCUT2D eigenvalue weighted by molar-refractivity contribution is 8.24. The largest absolute Gasteiger partial charge is 0.405 e. The first-order valence-corrected chi connectivity index (χ1v) is 24.7. The molecule has 1 saturated heterocycles. The van der Waals surface area contributed by atoms with Crippen molar-refractivity contribution in [3.63, 3.8) is 0 Å². The molecule has 2 fully saturated rings. The van der Waals surface area contributed by atoms with Crippen LogP contribution in [0.25, 0.3) is 21.6 Å².